The molecule has 1 aliphatic heterocycles. The van der Waals surface area contributed by atoms with E-state index < -0.39 is 6.04 Å². The van der Waals surface area contributed by atoms with E-state index in [0.29, 0.717) is 23.9 Å². The molecule has 1 aliphatic carbocycles. The largest absolute Gasteiger partial charge is 0.341 e. The molecule has 7 heteroatoms. The van der Waals surface area contributed by atoms with E-state index in [4.69, 9.17) is 0 Å². The second-order valence-corrected chi connectivity index (χ2v) is 10.3. The number of nitrogens with zero attached hydrogens (tertiary/aromatic N) is 2. The summed E-state index contributed by atoms with van der Waals surface area (Å²) >= 11 is 0. The number of hydrogen-bond acceptors (Lipinski definition) is 4. The van der Waals surface area contributed by atoms with E-state index in [0.717, 1.165) is 68.6 Å². The van der Waals surface area contributed by atoms with Crippen molar-refractivity contribution in [1.29, 1.82) is 0 Å². The van der Waals surface area contributed by atoms with Crippen LogP contribution in [0.1, 0.15) is 60.4 Å². The molecule has 38 heavy (non-hydrogen) atoms. The van der Waals surface area contributed by atoms with Gasteiger partial charge in [0.25, 0.3) is 5.91 Å². The zero-order valence-corrected chi connectivity index (χ0v) is 21.6. The smallest absolute Gasteiger partial charge is 0.251 e. The van der Waals surface area contributed by atoms with Crippen molar-refractivity contribution in [2.24, 2.45) is 0 Å². The van der Waals surface area contributed by atoms with Gasteiger partial charge in [0, 0.05) is 42.4 Å². The monoisotopic (exact) mass is 514 g/mol. The molecule has 5 rings (SSSR count). The van der Waals surface area contributed by atoms with Crippen LogP contribution in [0.25, 0.3) is 11.3 Å². The summed E-state index contributed by atoms with van der Waals surface area (Å²) in [6.07, 6.45) is 7.29. The van der Waals surface area contributed by atoms with Crippen LogP contribution in [0.5, 0.6) is 0 Å². The fourth-order valence-electron chi connectivity index (χ4n) is 5.25. The standard InChI is InChI=1S/C31H35FN4O2/c32-25-15-13-22(14-16-25)26-21-29(26)34-18-6-8-28(31(38)36-19-4-1-5-20-36)35-30(37)24-11-9-23(10-12-24)27-7-2-3-17-33-27/h2-3,7,9-17,26,28-29,34H,1,4-6,8,18-21H2,(H,35,37)/t26-,28-,29+/m0/s1. The molecule has 1 aromatic heterocycles. The minimum atomic E-state index is -0.551. The number of carbonyl (C=O) groups is 2. The number of amides is 2. The number of aromatic nitrogens is 1. The average Bonchev–Trinajstić information content (AvgIpc) is 3.75. The van der Waals surface area contributed by atoms with Gasteiger partial charge in [0.1, 0.15) is 11.9 Å². The third-order valence-electron chi connectivity index (χ3n) is 7.54. The summed E-state index contributed by atoms with van der Waals surface area (Å²) in [5.74, 6) is -0.0251. The van der Waals surface area contributed by atoms with Crippen LogP contribution in [0, 0.1) is 5.82 Å². The lowest BCUT2D eigenvalue weighted by Gasteiger charge is -2.31. The van der Waals surface area contributed by atoms with Crippen LogP contribution in [-0.2, 0) is 4.79 Å². The lowest BCUT2D eigenvalue weighted by atomic mass is 10.0. The number of piperidine rings is 1. The number of halogens is 1. The fraction of sp³-hybridized carbons (Fsp3) is 0.387. The minimum Gasteiger partial charge on any atom is -0.341 e. The number of rotatable bonds is 10. The molecule has 0 unspecified atom stereocenters. The van der Waals surface area contributed by atoms with Crippen LogP contribution < -0.4 is 10.6 Å². The summed E-state index contributed by atoms with van der Waals surface area (Å²) in [4.78, 5) is 32.7. The first kappa shape index (κ1) is 26.0. The maximum atomic E-state index is 13.4. The zero-order chi connectivity index (χ0) is 26.3. The molecule has 0 spiro atoms. The van der Waals surface area contributed by atoms with Gasteiger partial charge < -0.3 is 15.5 Å². The molecule has 6 nitrogen and oxygen atoms in total. The van der Waals surface area contributed by atoms with E-state index in [2.05, 4.69) is 15.6 Å². The van der Waals surface area contributed by atoms with E-state index in [9.17, 15) is 14.0 Å². The van der Waals surface area contributed by atoms with Gasteiger partial charge in [0.2, 0.25) is 5.91 Å². The van der Waals surface area contributed by atoms with Crippen LogP contribution in [0.2, 0.25) is 0 Å². The van der Waals surface area contributed by atoms with E-state index >= 15 is 0 Å². The Bertz CT molecular complexity index is 1210. The van der Waals surface area contributed by atoms with Crippen LogP contribution in [-0.4, -0.2) is 53.4 Å². The van der Waals surface area contributed by atoms with Crippen LogP contribution in [0.4, 0.5) is 4.39 Å². The van der Waals surface area contributed by atoms with Crippen molar-refractivity contribution in [3.8, 4) is 11.3 Å². The first-order valence-electron chi connectivity index (χ1n) is 13.7. The van der Waals surface area contributed by atoms with Gasteiger partial charge in [-0.3, -0.25) is 14.6 Å². The number of pyridine rings is 1. The minimum absolute atomic E-state index is 0.0127. The van der Waals surface area contributed by atoms with Crippen molar-refractivity contribution >= 4 is 11.8 Å². The van der Waals surface area contributed by atoms with Crippen molar-refractivity contribution < 1.29 is 14.0 Å². The number of hydrogen-bond donors (Lipinski definition) is 2. The summed E-state index contributed by atoms with van der Waals surface area (Å²) in [5, 5.41) is 6.59. The lowest BCUT2D eigenvalue weighted by molar-refractivity contribution is -0.134. The van der Waals surface area contributed by atoms with Gasteiger partial charge >= 0.3 is 0 Å². The topological polar surface area (TPSA) is 74.3 Å². The van der Waals surface area contributed by atoms with Crippen LogP contribution in [0.3, 0.4) is 0 Å². The Hall–Kier alpha value is -3.58. The van der Waals surface area contributed by atoms with Gasteiger partial charge in [-0.1, -0.05) is 30.3 Å². The van der Waals surface area contributed by atoms with Gasteiger partial charge in [-0.2, -0.15) is 0 Å². The molecule has 1 saturated carbocycles. The average molecular weight is 515 g/mol. The van der Waals surface area contributed by atoms with E-state index in [1.807, 2.05) is 47.4 Å². The van der Waals surface area contributed by atoms with Crippen molar-refractivity contribution in [3.05, 3.63) is 89.9 Å². The summed E-state index contributed by atoms with van der Waals surface area (Å²) in [6.45, 7) is 2.27. The second-order valence-electron chi connectivity index (χ2n) is 10.3. The highest BCUT2D eigenvalue weighted by Crippen LogP contribution is 2.40. The maximum Gasteiger partial charge on any atom is 0.251 e. The van der Waals surface area contributed by atoms with Crippen molar-refractivity contribution in [2.75, 3.05) is 19.6 Å². The molecule has 198 valence electrons. The highest BCUT2D eigenvalue weighted by molar-refractivity contribution is 5.97. The predicted molar refractivity (Wildman–Crippen MR) is 146 cm³/mol. The van der Waals surface area contributed by atoms with Gasteiger partial charge in [-0.15, -0.1) is 0 Å². The van der Waals surface area contributed by atoms with Gasteiger partial charge in [-0.25, -0.2) is 4.39 Å². The summed E-state index contributed by atoms with van der Waals surface area (Å²) in [6, 6.07) is 19.6. The molecule has 2 fully saturated rings. The van der Waals surface area contributed by atoms with E-state index in [1.165, 1.54) is 12.1 Å². The third kappa shape index (κ3) is 6.64. The Morgan fingerprint density at radius 1 is 0.974 bits per heavy atom. The Morgan fingerprint density at radius 3 is 2.45 bits per heavy atom. The first-order valence-corrected chi connectivity index (χ1v) is 13.7. The molecule has 0 radical (unpaired) electrons. The van der Waals surface area contributed by atoms with Gasteiger partial charge in [-0.05, 0) is 87.0 Å². The predicted octanol–water partition coefficient (Wildman–Crippen LogP) is 4.92. The van der Waals surface area contributed by atoms with E-state index in [1.54, 1.807) is 18.3 Å². The SMILES string of the molecule is O=C(N[C@@H](CCCN[C@@H]1C[C@H]1c1ccc(F)cc1)C(=O)N1CCCCC1)c1ccc(-c2ccccn2)cc1. The summed E-state index contributed by atoms with van der Waals surface area (Å²) < 4.78 is 13.2. The zero-order valence-electron chi connectivity index (χ0n) is 21.6. The van der Waals surface area contributed by atoms with Crippen molar-refractivity contribution in [2.45, 2.75) is 56.5 Å². The molecular weight excluding hydrogens is 479 g/mol. The molecule has 1 saturated heterocycles. The van der Waals surface area contributed by atoms with Crippen molar-refractivity contribution in [1.82, 2.24) is 20.5 Å². The molecule has 2 aliphatic rings. The number of benzene rings is 2. The summed E-state index contributed by atoms with van der Waals surface area (Å²) in [7, 11) is 0. The molecule has 3 atom stereocenters. The van der Waals surface area contributed by atoms with E-state index in [-0.39, 0.29) is 17.6 Å². The second kappa shape index (κ2) is 12.3. The molecule has 2 N–H and O–H groups in total. The third-order valence-corrected chi connectivity index (χ3v) is 7.54. The molecule has 3 aromatic rings. The van der Waals surface area contributed by atoms with Crippen LogP contribution >= 0.6 is 0 Å². The Morgan fingerprint density at radius 2 is 1.74 bits per heavy atom. The molecular formula is C31H35FN4O2. The summed E-state index contributed by atoms with van der Waals surface area (Å²) in [5.41, 5.74) is 3.47. The van der Waals surface area contributed by atoms with Gasteiger partial charge in [0.15, 0.2) is 0 Å². The van der Waals surface area contributed by atoms with Crippen LogP contribution in [0.15, 0.2) is 72.9 Å². The quantitative estimate of drug-likeness (QED) is 0.377. The first-order chi connectivity index (χ1) is 18.6. The fourth-order valence-corrected chi connectivity index (χ4v) is 5.25. The lowest BCUT2D eigenvalue weighted by Crippen LogP contribution is -2.50. The number of nitrogens with one attached hydrogen (secondary N) is 2. The number of carbonyl (C=O) groups excluding carboxylic acids is 2. The number of likely N-dealkylation sites (tertiary alicyclic amines) is 1. The van der Waals surface area contributed by atoms with Crippen molar-refractivity contribution in [3.63, 3.8) is 0 Å². The molecule has 2 heterocycles. The van der Waals surface area contributed by atoms with Gasteiger partial charge in [0.05, 0.1) is 5.69 Å². The Kier molecular flexibility index (Phi) is 8.44. The molecule has 2 amide bonds. The Balaban J connectivity index is 1.16. The highest BCUT2D eigenvalue weighted by Gasteiger charge is 2.37. The Labute approximate surface area is 223 Å². The maximum absolute atomic E-state index is 13.4. The highest BCUT2D eigenvalue weighted by atomic mass is 19.1. The normalized spacial score (nSPS) is 19.6. The molecule has 0 bridgehead atoms. The molecule has 2 aromatic carbocycles.